The van der Waals surface area contributed by atoms with Gasteiger partial charge in [0.25, 0.3) is 0 Å². The number of hydrogen-bond donors (Lipinski definition) is 2. The molecule has 0 atom stereocenters. The van der Waals surface area contributed by atoms with Crippen LogP contribution in [0.5, 0.6) is 0 Å². The largest absolute Gasteiger partial charge is 0.393 e. The molecule has 0 aromatic heterocycles. The number of carbonyl (C=O) groups is 1. The second-order valence-corrected chi connectivity index (χ2v) is 5.26. The van der Waals surface area contributed by atoms with Crippen LogP contribution in [0.2, 0.25) is 0 Å². The molecular weight excluding hydrogens is 222 g/mol. The molecule has 0 heterocycles. The second kappa shape index (κ2) is 6.81. The van der Waals surface area contributed by atoms with E-state index in [1.54, 1.807) is 0 Å². The van der Waals surface area contributed by atoms with Gasteiger partial charge in [-0.2, -0.15) is 0 Å². The van der Waals surface area contributed by atoms with Crippen LogP contribution in [0, 0.1) is 0 Å². The van der Waals surface area contributed by atoms with E-state index in [9.17, 15) is 4.79 Å². The highest BCUT2D eigenvalue weighted by Gasteiger charge is 2.18. The fourth-order valence-electron chi connectivity index (χ4n) is 1.13. The van der Waals surface area contributed by atoms with E-state index in [2.05, 4.69) is 12.2 Å². The van der Waals surface area contributed by atoms with Crippen molar-refractivity contribution in [2.75, 3.05) is 20.1 Å². The maximum absolute atomic E-state index is 11.7. The first-order valence-corrected chi connectivity index (χ1v) is 5.95. The van der Waals surface area contributed by atoms with Crippen molar-refractivity contribution in [2.24, 2.45) is 5.73 Å². The van der Waals surface area contributed by atoms with E-state index in [0.29, 0.717) is 18.0 Å². The Morgan fingerprint density at radius 1 is 1.50 bits per heavy atom. The maximum atomic E-state index is 11.7. The third-order valence-corrected chi connectivity index (χ3v) is 2.72. The van der Waals surface area contributed by atoms with Gasteiger partial charge in [0.1, 0.15) is 0 Å². The number of rotatable bonds is 7. The minimum atomic E-state index is -0.138. The quantitative estimate of drug-likeness (QED) is 0.654. The lowest BCUT2D eigenvalue weighted by molar-refractivity contribution is -0.123. The van der Waals surface area contributed by atoms with E-state index in [1.165, 1.54) is 0 Å². The van der Waals surface area contributed by atoms with Gasteiger partial charge in [-0.25, -0.2) is 0 Å². The summed E-state index contributed by atoms with van der Waals surface area (Å²) >= 11 is 4.78. The van der Waals surface area contributed by atoms with Crippen LogP contribution >= 0.6 is 12.2 Å². The molecule has 0 rings (SSSR count). The van der Waals surface area contributed by atoms with Crippen LogP contribution in [-0.4, -0.2) is 41.5 Å². The number of likely N-dealkylation sites (N-methyl/N-ethyl adjacent to an activating group) is 1. The Hall–Kier alpha value is -0.680. The minimum absolute atomic E-state index is 0.0392. The van der Waals surface area contributed by atoms with E-state index in [4.69, 9.17) is 18.0 Å². The lowest BCUT2D eigenvalue weighted by Crippen LogP contribution is -2.47. The molecule has 0 unspecified atom stereocenters. The molecule has 0 aromatic carbocycles. The number of nitrogens with two attached hydrogens (primary N) is 1. The van der Waals surface area contributed by atoms with E-state index in [1.807, 2.05) is 25.8 Å². The molecule has 0 aliphatic carbocycles. The molecule has 3 N–H and O–H groups in total. The van der Waals surface area contributed by atoms with Crippen LogP contribution in [0.15, 0.2) is 0 Å². The van der Waals surface area contributed by atoms with E-state index in [0.717, 1.165) is 13.0 Å². The van der Waals surface area contributed by atoms with E-state index < -0.39 is 0 Å². The Bertz CT molecular complexity index is 254. The summed E-state index contributed by atoms with van der Waals surface area (Å²) in [6.45, 7) is 7.18. The summed E-state index contributed by atoms with van der Waals surface area (Å²) in [7, 11) is 1.89. The average Bonchev–Trinajstić information content (AvgIpc) is 2.13. The SMILES string of the molecule is CCC(C)(C)NC(=O)CN(C)CCC(N)=S. The Morgan fingerprint density at radius 2 is 2.06 bits per heavy atom. The zero-order valence-electron chi connectivity index (χ0n) is 10.7. The number of amides is 1. The first kappa shape index (κ1) is 15.3. The van der Waals surface area contributed by atoms with Gasteiger partial charge in [-0.15, -0.1) is 0 Å². The number of nitrogens with one attached hydrogen (secondary N) is 1. The molecule has 0 radical (unpaired) electrons. The fraction of sp³-hybridized carbons (Fsp3) is 0.818. The van der Waals surface area contributed by atoms with Crippen molar-refractivity contribution in [3.8, 4) is 0 Å². The average molecular weight is 245 g/mol. The molecule has 16 heavy (non-hydrogen) atoms. The zero-order valence-corrected chi connectivity index (χ0v) is 11.5. The number of carbonyl (C=O) groups excluding carboxylic acids is 1. The zero-order chi connectivity index (χ0) is 12.8. The maximum Gasteiger partial charge on any atom is 0.234 e. The van der Waals surface area contributed by atoms with Crippen molar-refractivity contribution >= 4 is 23.1 Å². The summed E-state index contributed by atoms with van der Waals surface area (Å²) in [5.41, 5.74) is 5.26. The first-order valence-electron chi connectivity index (χ1n) is 5.54. The Labute approximate surface area is 104 Å². The van der Waals surface area contributed by atoms with Crippen LogP contribution in [0.1, 0.15) is 33.6 Å². The van der Waals surface area contributed by atoms with Crippen molar-refractivity contribution in [1.29, 1.82) is 0 Å². The summed E-state index contributed by atoms with van der Waals surface area (Å²) in [6.07, 6.45) is 1.56. The molecule has 4 nitrogen and oxygen atoms in total. The van der Waals surface area contributed by atoms with Gasteiger partial charge >= 0.3 is 0 Å². The number of thiocarbonyl (C=S) groups is 1. The highest BCUT2D eigenvalue weighted by molar-refractivity contribution is 7.80. The molecule has 0 bridgehead atoms. The van der Waals surface area contributed by atoms with Crippen molar-refractivity contribution < 1.29 is 4.79 Å². The van der Waals surface area contributed by atoms with E-state index in [-0.39, 0.29) is 11.4 Å². The molecule has 5 heteroatoms. The predicted octanol–water partition coefficient (Wildman–Crippen LogP) is 0.899. The molecule has 0 saturated carbocycles. The number of hydrogen-bond acceptors (Lipinski definition) is 3. The highest BCUT2D eigenvalue weighted by atomic mass is 32.1. The molecule has 1 amide bonds. The second-order valence-electron chi connectivity index (χ2n) is 4.74. The lowest BCUT2D eigenvalue weighted by atomic mass is 10.0. The summed E-state index contributed by atoms with van der Waals surface area (Å²) < 4.78 is 0. The number of nitrogens with zero attached hydrogens (tertiary/aromatic N) is 1. The third kappa shape index (κ3) is 7.59. The van der Waals surface area contributed by atoms with Gasteiger partial charge in [0.05, 0.1) is 11.5 Å². The van der Waals surface area contributed by atoms with Gasteiger partial charge in [-0.3, -0.25) is 9.69 Å². The topological polar surface area (TPSA) is 58.4 Å². The smallest absolute Gasteiger partial charge is 0.234 e. The molecule has 0 aliphatic heterocycles. The molecule has 0 aliphatic rings. The van der Waals surface area contributed by atoms with Crippen molar-refractivity contribution in [2.45, 2.75) is 39.2 Å². The van der Waals surface area contributed by atoms with Gasteiger partial charge in [0.2, 0.25) is 5.91 Å². The predicted molar refractivity (Wildman–Crippen MR) is 71.4 cm³/mol. The minimum Gasteiger partial charge on any atom is -0.393 e. The van der Waals surface area contributed by atoms with Crippen LogP contribution in [-0.2, 0) is 4.79 Å². The Balaban J connectivity index is 3.91. The molecule has 94 valence electrons. The normalized spacial score (nSPS) is 11.6. The van der Waals surface area contributed by atoms with Crippen LogP contribution in [0.4, 0.5) is 0 Å². The van der Waals surface area contributed by atoms with Gasteiger partial charge in [0.15, 0.2) is 0 Å². The molecule has 0 spiro atoms. The summed E-state index contributed by atoms with van der Waals surface area (Å²) in [5.74, 6) is 0.0392. The van der Waals surface area contributed by atoms with Crippen molar-refractivity contribution in [3.63, 3.8) is 0 Å². The standard InChI is InChI=1S/C11H23N3OS/c1-5-11(2,3)13-10(15)8-14(4)7-6-9(12)16/h5-8H2,1-4H3,(H2,12,16)(H,13,15). The molecule has 0 saturated heterocycles. The van der Waals surface area contributed by atoms with Crippen LogP contribution < -0.4 is 11.1 Å². The molecule has 0 aromatic rings. The lowest BCUT2D eigenvalue weighted by Gasteiger charge is -2.26. The highest BCUT2D eigenvalue weighted by Crippen LogP contribution is 2.06. The third-order valence-electron chi connectivity index (χ3n) is 2.52. The molecule has 0 fully saturated rings. The Morgan fingerprint density at radius 3 is 2.50 bits per heavy atom. The van der Waals surface area contributed by atoms with Gasteiger partial charge in [-0.05, 0) is 27.3 Å². The van der Waals surface area contributed by atoms with Gasteiger partial charge in [-0.1, -0.05) is 19.1 Å². The van der Waals surface area contributed by atoms with Gasteiger partial charge in [0, 0.05) is 18.5 Å². The molecular formula is C11H23N3OS. The summed E-state index contributed by atoms with van der Waals surface area (Å²) in [5, 5.41) is 2.98. The van der Waals surface area contributed by atoms with Crippen molar-refractivity contribution in [1.82, 2.24) is 10.2 Å². The van der Waals surface area contributed by atoms with Crippen LogP contribution in [0.3, 0.4) is 0 Å². The van der Waals surface area contributed by atoms with Crippen LogP contribution in [0.25, 0.3) is 0 Å². The summed E-state index contributed by atoms with van der Waals surface area (Å²) in [6, 6.07) is 0. The monoisotopic (exact) mass is 245 g/mol. The van der Waals surface area contributed by atoms with E-state index >= 15 is 0 Å². The van der Waals surface area contributed by atoms with Gasteiger partial charge < -0.3 is 11.1 Å². The van der Waals surface area contributed by atoms with Crippen molar-refractivity contribution in [3.05, 3.63) is 0 Å². The Kier molecular flexibility index (Phi) is 6.52. The fourth-order valence-corrected chi connectivity index (χ4v) is 1.22. The summed E-state index contributed by atoms with van der Waals surface area (Å²) in [4.78, 5) is 14.1. The first-order chi connectivity index (χ1) is 7.26.